The van der Waals surface area contributed by atoms with Crippen molar-refractivity contribution in [2.75, 3.05) is 24.3 Å². The van der Waals surface area contributed by atoms with E-state index in [2.05, 4.69) is 20.3 Å². The number of hydrogen-bond acceptors (Lipinski definition) is 6. The van der Waals surface area contributed by atoms with E-state index in [0.717, 1.165) is 11.1 Å². The highest BCUT2D eigenvalue weighted by molar-refractivity contribution is 6.28. The first-order valence-electron chi connectivity index (χ1n) is 6.10. The fraction of sp³-hybridized carbons (Fsp3) is 0.308. The molecule has 0 aliphatic carbocycles. The molecule has 1 heterocycles. The minimum Gasteiger partial charge on any atom is -0.392 e. The van der Waals surface area contributed by atoms with Crippen molar-refractivity contribution in [1.82, 2.24) is 15.0 Å². The van der Waals surface area contributed by atoms with Gasteiger partial charge in [-0.05, 0) is 22.7 Å². The van der Waals surface area contributed by atoms with Crippen molar-refractivity contribution in [3.8, 4) is 0 Å². The Morgan fingerprint density at radius 3 is 2.35 bits per heavy atom. The third-order valence-electron chi connectivity index (χ3n) is 2.65. The van der Waals surface area contributed by atoms with Crippen LogP contribution in [0.15, 0.2) is 24.3 Å². The predicted molar refractivity (Wildman–Crippen MR) is 78.9 cm³/mol. The second-order valence-electron chi connectivity index (χ2n) is 4.45. The molecule has 1 aromatic carbocycles. The van der Waals surface area contributed by atoms with Gasteiger partial charge in [0.1, 0.15) is 0 Å². The zero-order chi connectivity index (χ0) is 14.5. The third-order valence-corrected chi connectivity index (χ3v) is 2.82. The number of rotatable bonds is 5. The molecule has 0 atom stereocenters. The topological polar surface area (TPSA) is 74.2 Å². The van der Waals surface area contributed by atoms with E-state index in [4.69, 9.17) is 16.7 Å². The zero-order valence-electron chi connectivity index (χ0n) is 11.3. The molecule has 0 saturated heterocycles. The van der Waals surface area contributed by atoms with Crippen LogP contribution in [0.3, 0.4) is 0 Å². The molecule has 2 N–H and O–H groups in total. The highest BCUT2D eigenvalue weighted by Gasteiger charge is 2.06. The van der Waals surface area contributed by atoms with E-state index in [1.807, 2.05) is 38.4 Å². The lowest BCUT2D eigenvalue weighted by atomic mass is 10.1. The van der Waals surface area contributed by atoms with Gasteiger partial charge in [0.2, 0.25) is 17.2 Å². The predicted octanol–water partition coefficient (Wildman–Crippen LogP) is 1.70. The largest absolute Gasteiger partial charge is 0.392 e. The quantitative estimate of drug-likeness (QED) is 0.874. The second kappa shape index (κ2) is 6.49. The first kappa shape index (κ1) is 14.5. The Kier molecular flexibility index (Phi) is 4.70. The van der Waals surface area contributed by atoms with E-state index in [1.165, 1.54) is 0 Å². The van der Waals surface area contributed by atoms with Gasteiger partial charge in [-0.1, -0.05) is 24.3 Å². The Morgan fingerprint density at radius 2 is 1.75 bits per heavy atom. The number of nitrogens with zero attached hydrogens (tertiary/aromatic N) is 4. The number of nitrogens with one attached hydrogen (secondary N) is 1. The minimum atomic E-state index is 0.0446. The van der Waals surface area contributed by atoms with Crippen LogP contribution in [-0.4, -0.2) is 34.2 Å². The number of benzene rings is 1. The summed E-state index contributed by atoms with van der Waals surface area (Å²) in [4.78, 5) is 14.1. The number of aliphatic hydroxyl groups excluding tert-OH is 1. The molecule has 0 fully saturated rings. The van der Waals surface area contributed by atoms with Gasteiger partial charge >= 0.3 is 0 Å². The van der Waals surface area contributed by atoms with Gasteiger partial charge in [0.25, 0.3) is 0 Å². The van der Waals surface area contributed by atoms with Crippen molar-refractivity contribution >= 4 is 23.5 Å². The van der Waals surface area contributed by atoms with Crippen LogP contribution >= 0.6 is 11.6 Å². The number of hydrogen-bond donors (Lipinski definition) is 2. The van der Waals surface area contributed by atoms with Crippen LogP contribution in [-0.2, 0) is 13.2 Å². The summed E-state index contributed by atoms with van der Waals surface area (Å²) in [5.74, 6) is 0.933. The zero-order valence-corrected chi connectivity index (χ0v) is 12.1. The van der Waals surface area contributed by atoms with E-state index in [0.29, 0.717) is 18.4 Å². The minimum absolute atomic E-state index is 0.0446. The molecule has 2 aromatic rings. The van der Waals surface area contributed by atoms with Crippen LogP contribution in [0.1, 0.15) is 11.1 Å². The van der Waals surface area contributed by atoms with Crippen LogP contribution in [0.2, 0.25) is 5.28 Å². The van der Waals surface area contributed by atoms with E-state index in [1.54, 1.807) is 4.90 Å². The van der Waals surface area contributed by atoms with Crippen molar-refractivity contribution in [3.63, 3.8) is 0 Å². The lowest BCUT2D eigenvalue weighted by Crippen LogP contribution is -2.15. The lowest BCUT2D eigenvalue weighted by molar-refractivity contribution is 0.282. The number of halogens is 1. The molecule has 0 bridgehead atoms. The van der Waals surface area contributed by atoms with Crippen molar-refractivity contribution in [1.29, 1.82) is 0 Å². The third kappa shape index (κ3) is 3.79. The molecule has 106 valence electrons. The Balaban J connectivity index is 2.06. The van der Waals surface area contributed by atoms with E-state index >= 15 is 0 Å². The molecule has 0 saturated carbocycles. The molecule has 0 aliphatic rings. The highest BCUT2D eigenvalue weighted by atomic mass is 35.5. The van der Waals surface area contributed by atoms with Crippen molar-refractivity contribution in [2.24, 2.45) is 0 Å². The number of aliphatic hydroxyl groups is 1. The Bertz CT molecular complexity index is 573. The summed E-state index contributed by atoms with van der Waals surface area (Å²) >= 11 is 5.86. The van der Waals surface area contributed by atoms with Gasteiger partial charge in [0, 0.05) is 20.6 Å². The van der Waals surface area contributed by atoms with E-state index < -0.39 is 0 Å². The smallest absolute Gasteiger partial charge is 0.230 e. The molecule has 0 amide bonds. The fourth-order valence-corrected chi connectivity index (χ4v) is 1.72. The van der Waals surface area contributed by atoms with Crippen LogP contribution < -0.4 is 10.2 Å². The van der Waals surface area contributed by atoms with Crippen molar-refractivity contribution in [2.45, 2.75) is 13.2 Å². The van der Waals surface area contributed by atoms with Gasteiger partial charge in [-0.15, -0.1) is 0 Å². The molecule has 0 aliphatic heterocycles. The summed E-state index contributed by atoms with van der Waals surface area (Å²) in [5.41, 5.74) is 1.94. The first-order chi connectivity index (χ1) is 9.58. The monoisotopic (exact) mass is 293 g/mol. The van der Waals surface area contributed by atoms with Gasteiger partial charge in [-0.3, -0.25) is 0 Å². The molecule has 0 spiro atoms. The van der Waals surface area contributed by atoms with Crippen molar-refractivity contribution < 1.29 is 5.11 Å². The maximum atomic E-state index is 8.99. The second-order valence-corrected chi connectivity index (χ2v) is 4.79. The fourth-order valence-electron chi connectivity index (χ4n) is 1.56. The van der Waals surface area contributed by atoms with Gasteiger partial charge < -0.3 is 15.3 Å². The van der Waals surface area contributed by atoms with E-state index in [9.17, 15) is 0 Å². The normalized spacial score (nSPS) is 10.4. The van der Waals surface area contributed by atoms with Crippen LogP contribution in [0.4, 0.5) is 11.9 Å². The number of aromatic nitrogens is 3. The van der Waals surface area contributed by atoms with Gasteiger partial charge in [-0.2, -0.15) is 15.0 Å². The standard InChI is InChI=1S/C13H16ClN5O/c1-19(2)13-17-11(14)16-12(18-13)15-7-9-3-5-10(8-20)6-4-9/h3-6,20H,7-8H2,1-2H3,(H,15,16,17,18). The molecule has 1 aromatic heterocycles. The van der Waals surface area contributed by atoms with Gasteiger partial charge in [0.05, 0.1) is 6.61 Å². The Labute approximate surface area is 122 Å². The van der Waals surface area contributed by atoms with Crippen LogP contribution in [0.25, 0.3) is 0 Å². The Morgan fingerprint density at radius 1 is 1.10 bits per heavy atom. The SMILES string of the molecule is CN(C)c1nc(Cl)nc(NCc2ccc(CO)cc2)n1. The maximum Gasteiger partial charge on any atom is 0.230 e. The highest BCUT2D eigenvalue weighted by Crippen LogP contribution is 2.12. The molecular formula is C13H16ClN5O. The summed E-state index contributed by atoms with van der Waals surface area (Å²) in [6.07, 6.45) is 0. The molecular weight excluding hydrogens is 278 g/mol. The maximum absolute atomic E-state index is 8.99. The molecule has 20 heavy (non-hydrogen) atoms. The summed E-state index contributed by atoms with van der Waals surface area (Å²) in [7, 11) is 3.67. The average molecular weight is 294 g/mol. The summed E-state index contributed by atoms with van der Waals surface area (Å²) in [5, 5.41) is 12.2. The summed E-state index contributed by atoms with van der Waals surface area (Å²) < 4.78 is 0. The molecule has 0 unspecified atom stereocenters. The van der Waals surface area contributed by atoms with E-state index in [-0.39, 0.29) is 11.9 Å². The lowest BCUT2D eigenvalue weighted by Gasteiger charge is -2.12. The average Bonchev–Trinajstić information content (AvgIpc) is 2.45. The summed E-state index contributed by atoms with van der Waals surface area (Å²) in [6.45, 7) is 0.613. The molecule has 2 rings (SSSR count). The number of anilines is 2. The molecule has 0 radical (unpaired) electrons. The Hall–Kier alpha value is -1.92. The van der Waals surface area contributed by atoms with Gasteiger partial charge in [0.15, 0.2) is 0 Å². The van der Waals surface area contributed by atoms with Crippen LogP contribution in [0.5, 0.6) is 0 Å². The summed E-state index contributed by atoms with van der Waals surface area (Å²) in [6, 6.07) is 7.63. The van der Waals surface area contributed by atoms with Crippen LogP contribution in [0, 0.1) is 0 Å². The molecule has 7 heteroatoms. The first-order valence-corrected chi connectivity index (χ1v) is 6.47. The molecule has 6 nitrogen and oxygen atoms in total. The van der Waals surface area contributed by atoms with Gasteiger partial charge in [-0.25, -0.2) is 0 Å². The van der Waals surface area contributed by atoms with Crippen molar-refractivity contribution in [3.05, 3.63) is 40.7 Å².